The van der Waals surface area contributed by atoms with Gasteiger partial charge in [0.05, 0.1) is 23.9 Å². The van der Waals surface area contributed by atoms with Crippen molar-refractivity contribution in [1.82, 2.24) is 19.5 Å². The SMILES string of the molecule is Cc1ccc(-c2c(-c3ccc(C#N)cc3)cc(OC[C@@H]3CCNC3)c3nn(C)c(=O)n23)cc1. The molecule has 7 heteroatoms. The van der Waals surface area contributed by atoms with E-state index in [0.717, 1.165) is 47.5 Å². The number of nitrogens with zero attached hydrogens (tertiary/aromatic N) is 4. The Labute approximate surface area is 191 Å². The van der Waals surface area contributed by atoms with Crippen LogP contribution in [0, 0.1) is 24.2 Å². The molecule has 1 aliphatic rings. The number of benzene rings is 2. The third kappa shape index (κ3) is 3.90. The summed E-state index contributed by atoms with van der Waals surface area (Å²) in [6.07, 6.45) is 1.06. The second-order valence-electron chi connectivity index (χ2n) is 8.56. The van der Waals surface area contributed by atoms with E-state index in [1.54, 1.807) is 23.6 Å². The third-order valence-electron chi connectivity index (χ3n) is 6.19. The zero-order chi connectivity index (χ0) is 22.9. The number of aryl methyl sites for hydroxylation is 2. The summed E-state index contributed by atoms with van der Waals surface area (Å²) in [6, 6.07) is 19.6. The zero-order valence-corrected chi connectivity index (χ0v) is 18.7. The van der Waals surface area contributed by atoms with Gasteiger partial charge in [0.1, 0.15) is 0 Å². The van der Waals surface area contributed by atoms with Crippen molar-refractivity contribution in [3.05, 3.63) is 76.2 Å². The first-order chi connectivity index (χ1) is 16.0. The first-order valence-corrected chi connectivity index (χ1v) is 11.1. The summed E-state index contributed by atoms with van der Waals surface area (Å²) < 4.78 is 9.25. The summed E-state index contributed by atoms with van der Waals surface area (Å²) in [5, 5.41) is 17.1. The Hall–Kier alpha value is -3.89. The maximum absolute atomic E-state index is 13.2. The minimum atomic E-state index is -0.233. The van der Waals surface area contributed by atoms with E-state index in [9.17, 15) is 10.1 Å². The molecule has 2 aromatic carbocycles. The van der Waals surface area contributed by atoms with E-state index in [1.165, 1.54) is 4.68 Å². The fraction of sp³-hybridized carbons (Fsp3) is 0.269. The van der Waals surface area contributed by atoms with Crippen molar-refractivity contribution in [2.75, 3.05) is 19.7 Å². The van der Waals surface area contributed by atoms with Gasteiger partial charge in [-0.2, -0.15) is 5.26 Å². The van der Waals surface area contributed by atoms with Crippen LogP contribution in [0.4, 0.5) is 0 Å². The lowest BCUT2D eigenvalue weighted by molar-refractivity contribution is 0.261. The largest absolute Gasteiger partial charge is 0.489 e. The molecule has 33 heavy (non-hydrogen) atoms. The van der Waals surface area contributed by atoms with E-state index in [4.69, 9.17) is 4.74 Å². The fourth-order valence-electron chi connectivity index (χ4n) is 4.32. The highest BCUT2D eigenvalue weighted by Crippen LogP contribution is 2.37. The predicted octanol–water partition coefficient (Wildman–Crippen LogP) is 3.54. The molecule has 4 aromatic rings. The Balaban J connectivity index is 1.75. The maximum atomic E-state index is 13.2. The normalized spacial score (nSPS) is 15.6. The first-order valence-electron chi connectivity index (χ1n) is 11.1. The lowest BCUT2D eigenvalue weighted by atomic mass is 9.97. The van der Waals surface area contributed by atoms with E-state index >= 15 is 0 Å². The minimum absolute atomic E-state index is 0.233. The highest BCUT2D eigenvalue weighted by Gasteiger charge is 2.22. The van der Waals surface area contributed by atoms with E-state index in [1.807, 2.05) is 49.4 Å². The number of pyridine rings is 1. The molecule has 1 atom stereocenters. The molecule has 1 saturated heterocycles. The Morgan fingerprint density at radius 2 is 1.88 bits per heavy atom. The number of ether oxygens (including phenoxy) is 1. The summed E-state index contributed by atoms with van der Waals surface area (Å²) in [7, 11) is 1.65. The van der Waals surface area contributed by atoms with Crippen molar-refractivity contribution in [3.63, 3.8) is 0 Å². The molecule has 7 nitrogen and oxygen atoms in total. The molecule has 0 unspecified atom stereocenters. The van der Waals surface area contributed by atoms with Gasteiger partial charge < -0.3 is 10.1 Å². The van der Waals surface area contributed by atoms with Crippen molar-refractivity contribution < 1.29 is 4.74 Å². The molecule has 3 heterocycles. The van der Waals surface area contributed by atoms with Crippen LogP contribution in [0.1, 0.15) is 17.5 Å². The summed E-state index contributed by atoms with van der Waals surface area (Å²) >= 11 is 0. The van der Waals surface area contributed by atoms with Gasteiger partial charge >= 0.3 is 5.69 Å². The lowest BCUT2D eigenvalue weighted by Crippen LogP contribution is -2.20. The molecule has 1 aliphatic heterocycles. The summed E-state index contributed by atoms with van der Waals surface area (Å²) in [6.45, 7) is 4.51. The van der Waals surface area contributed by atoms with Gasteiger partial charge in [-0.25, -0.2) is 13.9 Å². The summed E-state index contributed by atoms with van der Waals surface area (Å²) in [4.78, 5) is 13.2. The molecular formula is C26H25N5O2. The molecule has 0 spiro atoms. The van der Waals surface area contributed by atoms with Crippen molar-refractivity contribution >= 4 is 5.65 Å². The molecule has 5 rings (SSSR count). The van der Waals surface area contributed by atoms with Crippen LogP contribution in [-0.2, 0) is 7.05 Å². The predicted molar refractivity (Wildman–Crippen MR) is 127 cm³/mol. The van der Waals surface area contributed by atoms with Crippen LogP contribution < -0.4 is 15.7 Å². The molecule has 0 saturated carbocycles. The van der Waals surface area contributed by atoms with Gasteiger partial charge in [-0.1, -0.05) is 42.0 Å². The maximum Gasteiger partial charge on any atom is 0.350 e. The second-order valence-corrected chi connectivity index (χ2v) is 8.56. The van der Waals surface area contributed by atoms with Gasteiger partial charge in [0.15, 0.2) is 5.75 Å². The van der Waals surface area contributed by atoms with Crippen molar-refractivity contribution in [1.29, 1.82) is 5.26 Å². The smallest absolute Gasteiger partial charge is 0.350 e. The number of hydrogen-bond acceptors (Lipinski definition) is 5. The molecule has 1 N–H and O–H groups in total. The average Bonchev–Trinajstić information content (AvgIpc) is 3.46. The van der Waals surface area contributed by atoms with Crippen LogP contribution in [0.3, 0.4) is 0 Å². The van der Waals surface area contributed by atoms with Gasteiger partial charge in [0.2, 0.25) is 5.65 Å². The topological polar surface area (TPSA) is 84.3 Å². The van der Waals surface area contributed by atoms with Crippen molar-refractivity contribution in [3.8, 4) is 34.2 Å². The molecule has 0 bridgehead atoms. The number of hydrogen-bond donors (Lipinski definition) is 1. The van der Waals surface area contributed by atoms with Crippen molar-refractivity contribution in [2.45, 2.75) is 13.3 Å². The van der Waals surface area contributed by atoms with Crippen molar-refractivity contribution in [2.24, 2.45) is 13.0 Å². The van der Waals surface area contributed by atoms with Gasteiger partial charge in [-0.3, -0.25) is 0 Å². The molecule has 0 radical (unpaired) electrons. The number of nitrogens with one attached hydrogen (secondary N) is 1. The van der Waals surface area contributed by atoms with Gasteiger partial charge in [0.25, 0.3) is 0 Å². The number of nitriles is 1. The number of fused-ring (bicyclic) bond motifs is 1. The van der Waals surface area contributed by atoms with Crippen LogP contribution in [-0.4, -0.2) is 33.9 Å². The Bertz CT molecular complexity index is 1400. The van der Waals surface area contributed by atoms with E-state index < -0.39 is 0 Å². The molecule has 2 aromatic heterocycles. The second kappa shape index (κ2) is 8.57. The standard InChI is InChI=1S/C26H25N5O2/c1-17-3-7-21(8-4-17)24-22(20-9-5-18(14-27)6-10-20)13-23(33-16-19-11-12-28-15-19)25-29-30(2)26(32)31(24)25/h3-10,13,19,28H,11-12,15-16H2,1-2H3/t19-/m1/s1. The molecule has 0 aliphatic carbocycles. The molecule has 1 fully saturated rings. The quantitative estimate of drug-likeness (QED) is 0.514. The number of aromatic nitrogens is 3. The van der Waals surface area contributed by atoms with E-state index in [2.05, 4.69) is 16.5 Å². The number of rotatable bonds is 5. The molecule has 0 amide bonds. The van der Waals surface area contributed by atoms with E-state index in [-0.39, 0.29) is 5.69 Å². The highest BCUT2D eigenvalue weighted by molar-refractivity contribution is 5.85. The monoisotopic (exact) mass is 439 g/mol. The Morgan fingerprint density at radius 1 is 1.15 bits per heavy atom. The van der Waals surface area contributed by atoms with Crippen LogP contribution in [0.25, 0.3) is 28.0 Å². The van der Waals surface area contributed by atoms with Gasteiger partial charge in [-0.05, 0) is 49.2 Å². The average molecular weight is 440 g/mol. The summed E-state index contributed by atoms with van der Waals surface area (Å²) in [5.41, 5.74) is 5.40. The molecular weight excluding hydrogens is 414 g/mol. The Morgan fingerprint density at radius 3 is 2.55 bits per heavy atom. The van der Waals surface area contributed by atoms with Crippen LogP contribution in [0.5, 0.6) is 5.75 Å². The summed E-state index contributed by atoms with van der Waals surface area (Å²) in [5.74, 6) is 1.01. The van der Waals surface area contributed by atoms with Crippen LogP contribution in [0.2, 0.25) is 0 Å². The Kier molecular flexibility index (Phi) is 5.45. The first kappa shape index (κ1) is 21.0. The zero-order valence-electron chi connectivity index (χ0n) is 18.7. The molecule has 166 valence electrons. The highest BCUT2D eigenvalue weighted by atomic mass is 16.5. The minimum Gasteiger partial charge on any atom is -0.489 e. The lowest BCUT2D eigenvalue weighted by Gasteiger charge is -2.17. The van der Waals surface area contributed by atoms with Crippen LogP contribution in [0.15, 0.2) is 59.4 Å². The van der Waals surface area contributed by atoms with Crippen LogP contribution >= 0.6 is 0 Å². The third-order valence-corrected chi connectivity index (χ3v) is 6.19. The van der Waals surface area contributed by atoms with Gasteiger partial charge in [-0.15, -0.1) is 5.10 Å². The fourth-order valence-corrected chi connectivity index (χ4v) is 4.32. The van der Waals surface area contributed by atoms with E-state index in [0.29, 0.717) is 29.5 Å². The van der Waals surface area contributed by atoms with Gasteiger partial charge in [0, 0.05) is 25.1 Å².